The number of rotatable bonds is 11. The van der Waals surface area contributed by atoms with Gasteiger partial charge in [-0.25, -0.2) is 0 Å². The Bertz CT molecular complexity index is 438. The van der Waals surface area contributed by atoms with Crippen LogP contribution in [0.2, 0.25) is 0 Å². The van der Waals surface area contributed by atoms with Gasteiger partial charge in [0.15, 0.2) is 0 Å². The van der Waals surface area contributed by atoms with E-state index in [0.29, 0.717) is 26.2 Å². The molecule has 0 unspecified atom stereocenters. The summed E-state index contributed by atoms with van der Waals surface area (Å²) in [6.45, 7) is 2.08. The molecule has 0 saturated heterocycles. The lowest BCUT2D eigenvalue weighted by Gasteiger charge is -2.07. The van der Waals surface area contributed by atoms with Gasteiger partial charge in [-0.3, -0.25) is 9.59 Å². The highest BCUT2D eigenvalue weighted by atomic mass is 16.5. The monoisotopic (exact) mass is 307 g/mol. The third-order valence-electron chi connectivity index (χ3n) is 2.95. The molecule has 0 saturated carbocycles. The van der Waals surface area contributed by atoms with Crippen LogP contribution in [0.15, 0.2) is 30.3 Å². The smallest absolute Gasteiger partial charge is 0.220 e. The molecule has 6 heteroatoms. The van der Waals surface area contributed by atoms with Crippen molar-refractivity contribution < 1.29 is 14.3 Å². The van der Waals surface area contributed by atoms with E-state index in [9.17, 15) is 9.59 Å². The van der Waals surface area contributed by atoms with Crippen molar-refractivity contribution in [3.63, 3.8) is 0 Å². The van der Waals surface area contributed by atoms with Gasteiger partial charge in [-0.15, -0.1) is 0 Å². The molecule has 0 aromatic heterocycles. The normalized spacial score (nSPS) is 10.0. The fraction of sp³-hybridized carbons (Fsp3) is 0.500. The van der Waals surface area contributed by atoms with Crippen molar-refractivity contribution in [1.29, 1.82) is 0 Å². The van der Waals surface area contributed by atoms with E-state index in [4.69, 9.17) is 10.5 Å². The first kappa shape index (κ1) is 18.0. The van der Waals surface area contributed by atoms with Crippen molar-refractivity contribution in [3.05, 3.63) is 30.3 Å². The molecule has 0 aliphatic carbocycles. The number of benzene rings is 1. The van der Waals surface area contributed by atoms with E-state index >= 15 is 0 Å². The molecule has 122 valence electrons. The lowest BCUT2D eigenvalue weighted by atomic mass is 10.2. The second kappa shape index (κ2) is 11.6. The van der Waals surface area contributed by atoms with Crippen LogP contribution in [0.3, 0.4) is 0 Å². The maximum absolute atomic E-state index is 11.5. The highest BCUT2D eigenvalue weighted by Gasteiger charge is 2.05. The average Bonchev–Trinajstić information content (AvgIpc) is 2.55. The van der Waals surface area contributed by atoms with Gasteiger partial charge in [0, 0.05) is 32.5 Å². The quantitative estimate of drug-likeness (QED) is 0.528. The third kappa shape index (κ3) is 8.97. The summed E-state index contributed by atoms with van der Waals surface area (Å²) in [6, 6.07) is 9.63. The summed E-state index contributed by atoms with van der Waals surface area (Å²) in [5.74, 6) is 0.610. The molecule has 0 atom stereocenters. The van der Waals surface area contributed by atoms with E-state index in [1.165, 1.54) is 0 Å². The molecule has 2 amide bonds. The second-order valence-corrected chi connectivity index (χ2v) is 4.86. The predicted molar refractivity (Wildman–Crippen MR) is 85.5 cm³/mol. The Balaban J connectivity index is 1.95. The van der Waals surface area contributed by atoms with E-state index in [1.54, 1.807) is 0 Å². The minimum atomic E-state index is -0.142. The number of amides is 2. The molecule has 0 aliphatic heterocycles. The van der Waals surface area contributed by atoms with Gasteiger partial charge in [0.1, 0.15) is 5.75 Å². The van der Waals surface area contributed by atoms with Crippen molar-refractivity contribution in [2.45, 2.75) is 25.7 Å². The average molecular weight is 307 g/mol. The minimum Gasteiger partial charge on any atom is -0.494 e. The van der Waals surface area contributed by atoms with Crippen LogP contribution in [-0.2, 0) is 9.59 Å². The zero-order valence-electron chi connectivity index (χ0n) is 12.8. The lowest BCUT2D eigenvalue weighted by molar-refractivity contribution is -0.126. The molecule has 1 aromatic carbocycles. The predicted octanol–water partition coefficient (Wildman–Crippen LogP) is 0.817. The summed E-state index contributed by atoms with van der Waals surface area (Å²) >= 11 is 0. The van der Waals surface area contributed by atoms with E-state index < -0.39 is 0 Å². The molecule has 0 aliphatic rings. The molecular formula is C16H25N3O3. The molecule has 0 bridgehead atoms. The topological polar surface area (TPSA) is 93.5 Å². The van der Waals surface area contributed by atoms with Crippen LogP contribution in [0.4, 0.5) is 0 Å². The van der Waals surface area contributed by atoms with Gasteiger partial charge in [0.2, 0.25) is 11.8 Å². The number of para-hydroxylation sites is 1. The SMILES string of the molecule is NCCNC(=O)CCC(=O)NCCCCOc1ccccc1. The van der Waals surface area contributed by atoms with E-state index in [0.717, 1.165) is 18.6 Å². The zero-order valence-corrected chi connectivity index (χ0v) is 12.8. The summed E-state index contributed by atoms with van der Waals surface area (Å²) in [5.41, 5.74) is 5.27. The zero-order chi connectivity index (χ0) is 16.0. The molecule has 0 radical (unpaired) electrons. The molecule has 6 nitrogen and oxygen atoms in total. The van der Waals surface area contributed by atoms with Gasteiger partial charge in [-0.1, -0.05) is 18.2 Å². The van der Waals surface area contributed by atoms with Crippen LogP contribution in [0, 0.1) is 0 Å². The lowest BCUT2D eigenvalue weighted by Crippen LogP contribution is -2.31. The van der Waals surface area contributed by atoms with Crippen LogP contribution in [0.5, 0.6) is 5.75 Å². The van der Waals surface area contributed by atoms with E-state index in [-0.39, 0.29) is 24.7 Å². The Kier molecular flexibility index (Phi) is 9.45. The minimum absolute atomic E-state index is 0.105. The molecule has 22 heavy (non-hydrogen) atoms. The molecule has 1 rings (SSSR count). The molecule has 0 fully saturated rings. The van der Waals surface area contributed by atoms with Gasteiger partial charge in [-0.2, -0.15) is 0 Å². The summed E-state index contributed by atoms with van der Waals surface area (Å²) in [4.78, 5) is 22.8. The number of hydrogen-bond donors (Lipinski definition) is 3. The first-order valence-corrected chi connectivity index (χ1v) is 7.63. The van der Waals surface area contributed by atoms with Crippen LogP contribution in [0.1, 0.15) is 25.7 Å². The fourth-order valence-electron chi connectivity index (χ4n) is 1.78. The molecule has 0 spiro atoms. The summed E-state index contributed by atoms with van der Waals surface area (Å²) < 4.78 is 5.55. The van der Waals surface area contributed by atoms with Gasteiger partial charge >= 0.3 is 0 Å². The number of unbranched alkanes of at least 4 members (excludes halogenated alkanes) is 1. The van der Waals surface area contributed by atoms with Crippen molar-refractivity contribution >= 4 is 11.8 Å². The second-order valence-electron chi connectivity index (χ2n) is 4.86. The third-order valence-corrected chi connectivity index (χ3v) is 2.95. The Hall–Kier alpha value is -2.08. The summed E-state index contributed by atoms with van der Waals surface area (Å²) in [7, 11) is 0. The van der Waals surface area contributed by atoms with Crippen LogP contribution < -0.4 is 21.1 Å². The highest BCUT2D eigenvalue weighted by molar-refractivity contribution is 5.83. The number of ether oxygens (including phenoxy) is 1. The highest BCUT2D eigenvalue weighted by Crippen LogP contribution is 2.08. The Morgan fingerprint density at radius 1 is 0.955 bits per heavy atom. The standard InChI is InChI=1S/C16H25N3O3/c17-10-12-19-16(21)9-8-15(20)18-11-4-5-13-22-14-6-2-1-3-7-14/h1-3,6-7H,4-5,8-13,17H2,(H,18,20)(H,19,21). The Labute approximate surface area is 131 Å². The Morgan fingerprint density at radius 3 is 2.23 bits per heavy atom. The molecule has 0 heterocycles. The van der Waals surface area contributed by atoms with Crippen molar-refractivity contribution in [3.8, 4) is 5.75 Å². The number of carbonyl (C=O) groups is 2. The maximum atomic E-state index is 11.5. The van der Waals surface area contributed by atoms with Gasteiger partial charge in [-0.05, 0) is 25.0 Å². The number of carbonyl (C=O) groups excluding carboxylic acids is 2. The van der Waals surface area contributed by atoms with Gasteiger partial charge < -0.3 is 21.1 Å². The first-order chi connectivity index (χ1) is 10.7. The molecular weight excluding hydrogens is 282 g/mol. The van der Waals surface area contributed by atoms with Crippen LogP contribution >= 0.6 is 0 Å². The van der Waals surface area contributed by atoms with Crippen molar-refractivity contribution in [2.24, 2.45) is 5.73 Å². The Morgan fingerprint density at radius 2 is 1.59 bits per heavy atom. The van der Waals surface area contributed by atoms with Crippen LogP contribution in [-0.4, -0.2) is 38.1 Å². The molecule has 1 aromatic rings. The maximum Gasteiger partial charge on any atom is 0.220 e. The fourth-order valence-corrected chi connectivity index (χ4v) is 1.78. The first-order valence-electron chi connectivity index (χ1n) is 7.63. The van der Waals surface area contributed by atoms with Crippen molar-refractivity contribution in [1.82, 2.24) is 10.6 Å². The number of nitrogens with two attached hydrogens (primary N) is 1. The molecule has 4 N–H and O–H groups in total. The summed E-state index contributed by atoms with van der Waals surface area (Å²) in [6.07, 6.45) is 2.12. The van der Waals surface area contributed by atoms with Gasteiger partial charge in [0.25, 0.3) is 0 Å². The van der Waals surface area contributed by atoms with Crippen molar-refractivity contribution in [2.75, 3.05) is 26.2 Å². The summed E-state index contributed by atoms with van der Waals surface area (Å²) in [5, 5.41) is 5.42. The van der Waals surface area contributed by atoms with E-state index in [2.05, 4.69) is 10.6 Å². The number of nitrogens with one attached hydrogen (secondary N) is 2. The largest absolute Gasteiger partial charge is 0.494 e. The number of hydrogen-bond acceptors (Lipinski definition) is 4. The van der Waals surface area contributed by atoms with E-state index in [1.807, 2.05) is 30.3 Å². The van der Waals surface area contributed by atoms with Gasteiger partial charge in [0.05, 0.1) is 6.61 Å². The van der Waals surface area contributed by atoms with Crippen LogP contribution in [0.25, 0.3) is 0 Å².